The van der Waals surface area contributed by atoms with Crippen LogP contribution in [0.4, 0.5) is 0 Å². The fourth-order valence-electron chi connectivity index (χ4n) is 2.53. The van der Waals surface area contributed by atoms with E-state index in [1.165, 1.54) is 11.1 Å². The van der Waals surface area contributed by atoms with Gasteiger partial charge in [-0.1, -0.05) is 11.6 Å². The average molecular weight is 307 g/mol. The zero-order valence-corrected chi connectivity index (χ0v) is 13.0. The molecule has 0 aliphatic rings. The van der Waals surface area contributed by atoms with Crippen molar-refractivity contribution in [1.82, 2.24) is 14.9 Å². The van der Waals surface area contributed by atoms with E-state index in [4.69, 9.17) is 0 Å². The van der Waals surface area contributed by atoms with Gasteiger partial charge < -0.3 is 9.88 Å². The first-order valence-electron chi connectivity index (χ1n) is 7.32. The standard InChI is InChI=1S/C18H17N3O2/c1-12-5-6-16-14(8-12)9-15(17(22)20-16)11-21(2)18(23)13-4-3-7-19-10-13/h3-10H,11H2,1-2H3,(H,20,22). The average Bonchev–Trinajstić information content (AvgIpc) is 2.56. The van der Waals surface area contributed by atoms with Crippen molar-refractivity contribution in [3.05, 3.63) is 75.8 Å². The molecule has 0 saturated carbocycles. The highest BCUT2D eigenvalue weighted by Crippen LogP contribution is 2.14. The summed E-state index contributed by atoms with van der Waals surface area (Å²) in [6.07, 6.45) is 3.14. The lowest BCUT2D eigenvalue weighted by Gasteiger charge is -2.17. The molecule has 2 heterocycles. The van der Waals surface area contributed by atoms with E-state index >= 15 is 0 Å². The zero-order valence-electron chi connectivity index (χ0n) is 13.0. The van der Waals surface area contributed by atoms with Gasteiger partial charge in [0, 0.05) is 30.5 Å². The van der Waals surface area contributed by atoms with Crippen LogP contribution in [-0.4, -0.2) is 27.8 Å². The van der Waals surface area contributed by atoms with Crippen LogP contribution < -0.4 is 5.56 Å². The van der Waals surface area contributed by atoms with Gasteiger partial charge in [-0.3, -0.25) is 14.6 Å². The van der Waals surface area contributed by atoms with Crippen LogP contribution in [-0.2, 0) is 6.54 Å². The number of nitrogens with zero attached hydrogens (tertiary/aromatic N) is 2. The Hall–Kier alpha value is -2.95. The molecule has 5 nitrogen and oxygen atoms in total. The number of pyridine rings is 2. The third-order valence-corrected chi connectivity index (χ3v) is 3.74. The van der Waals surface area contributed by atoms with E-state index in [1.54, 1.807) is 25.4 Å². The lowest BCUT2D eigenvalue weighted by Crippen LogP contribution is -2.29. The number of benzene rings is 1. The molecule has 0 atom stereocenters. The molecule has 0 saturated heterocycles. The third kappa shape index (κ3) is 3.13. The van der Waals surface area contributed by atoms with Crippen LogP contribution in [0.15, 0.2) is 53.6 Å². The van der Waals surface area contributed by atoms with Crippen LogP contribution in [0.3, 0.4) is 0 Å². The van der Waals surface area contributed by atoms with Crippen LogP contribution in [0.2, 0.25) is 0 Å². The number of aromatic nitrogens is 2. The predicted octanol–water partition coefficient (Wildman–Crippen LogP) is 2.50. The summed E-state index contributed by atoms with van der Waals surface area (Å²) in [7, 11) is 1.68. The molecular formula is C18H17N3O2. The lowest BCUT2D eigenvalue weighted by atomic mass is 10.1. The Morgan fingerprint density at radius 1 is 1.26 bits per heavy atom. The Kier molecular flexibility index (Phi) is 3.93. The Labute approximate surface area is 133 Å². The summed E-state index contributed by atoms with van der Waals surface area (Å²) in [5.74, 6) is -0.165. The van der Waals surface area contributed by atoms with Gasteiger partial charge in [-0.15, -0.1) is 0 Å². The summed E-state index contributed by atoms with van der Waals surface area (Å²) in [5.41, 5.74) is 2.80. The minimum Gasteiger partial charge on any atom is -0.337 e. The number of hydrogen-bond donors (Lipinski definition) is 1. The maximum absolute atomic E-state index is 12.4. The van der Waals surface area contributed by atoms with Crippen LogP contribution in [0.25, 0.3) is 10.9 Å². The minimum atomic E-state index is -0.174. The van der Waals surface area contributed by atoms with E-state index in [9.17, 15) is 9.59 Å². The van der Waals surface area contributed by atoms with Crippen molar-refractivity contribution in [3.8, 4) is 0 Å². The number of carbonyl (C=O) groups excluding carboxylic acids is 1. The number of amides is 1. The van der Waals surface area contributed by atoms with Crippen molar-refractivity contribution in [3.63, 3.8) is 0 Å². The van der Waals surface area contributed by atoms with Gasteiger partial charge >= 0.3 is 0 Å². The van der Waals surface area contributed by atoms with E-state index in [-0.39, 0.29) is 18.0 Å². The minimum absolute atomic E-state index is 0.165. The van der Waals surface area contributed by atoms with E-state index in [2.05, 4.69) is 9.97 Å². The molecule has 0 bridgehead atoms. The van der Waals surface area contributed by atoms with Gasteiger partial charge in [0.25, 0.3) is 11.5 Å². The molecule has 0 fully saturated rings. The molecule has 0 aliphatic heterocycles. The van der Waals surface area contributed by atoms with Gasteiger partial charge in [0.15, 0.2) is 0 Å². The van der Waals surface area contributed by atoms with Gasteiger partial charge in [0.05, 0.1) is 12.1 Å². The summed E-state index contributed by atoms with van der Waals surface area (Å²) < 4.78 is 0. The molecular weight excluding hydrogens is 290 g/mol. The summed E-state index contributed by atoms with van der Waals surface area (Å²) in [6, 6.07) is 11.1. The fourth-order valence-corrected chi connectivity index (χ4v) is 2.53. The molecule has 0 radical (unpaired) electrons. The fraction of sp³-hybridized carbons (Fsp3) is 0.167. The number of rotatable bonds is 3. The molecule has 1 N–H and O–H groups in total. The predicted molar refractivity (Wildman–Crippen MR) is 89.3 cm³/mol. The van der Waals surface area contributed by atoms with Crippen molar-refractivity contribution in [2.75, 3.05) is 7.05 Å². The Balaban J connectivity index is 1.90. The summed E-state index contributed by atoms with van der Waals surface area (Å²) in [4.78, 5) is 32.9. The highest BCUT2D eigenvalue weighted by molar-refractivity contribution is 5.93. The topological polar surface area (TPSA) is 66.1 Å². The van der Waals surface area contributed by atoms with Gasteiger partial charge in [-0.05, 0) is 42.6 Å². The number of fused-ring (bicyclic) bond motifs is 1. The quantitative estimate of drug-likeness (QED) is 0.808. The molecule has 2 aromatic heterocycles. The van der Waals surface area contributed by atoms with Crippen LogP contribution in [0.5, 0.6) is 0 Å². The van der Waals surface area contributed by atoms with Crippen molar-refractivity contribution in [1.29, 1.82) is 0 Å². The molecule has 1 amide bonds. The second kappa shape index (κ2) is 6.04. The summed E-state index contributed by atoms with van der Waals surface area (Å²) in [6.45, 7) is 2.25. The maximum Gasteiger partial charge on any atom is 0.255 e. The number of aromatic amines is 1. The van der Waals surface area contributed by atoms with Crippen molar-refractivity contribution in [2.24, 2.45) is 0 Å². The summed E-state index contributed by atoms with van der Waals surface area (Å²) in [5, 5.41) is 0.960. The van der Waals surface area contributed by atoms with Crippen LogP contribution in [0, 0.1) is 6.92 Å². The molecule has 0 unspecified atom stereocenters. The first-order valence-corrected chi connectivity index (χ1v) is 7.32. The van der Waals surface area contributed by atoms with Crippen molar-refractivity contribution >= 4 is 16.8 Å². The monoisotopic (exact) mass is 307 g/mol. The van der Waals surface area contributed by atoms with E-state index in [1.807, 2.05) is 31.2 Å². The van der Waals surface area contributed by atoms with Crippen LogP contribution in [0.1, 0.15) is 21.5 Å². The Morgan fingerprint density at radius 2 is 2.09 bits per heavy atom. The molecule has 1 aromatic carbocycles. The molecule has 3 rings (SSSR count). The molecule has 5 heteroatoms. The zero-order chi connectivity index (χ0) is 16.4. The van der Waals surface area contributed by atoms with E-state index in [0.29, 0.717) is 11.1 Å². The number of carbonyl (C=O) groups is 1. The Morgan fingerprint density at radius 3 is 2.83 bits per heavy atom. The highest BCUT2D eigenvalue weighted by Gasteiger charge is 2.14. The number of hydrogen-bond acceptors (Lipinski definition) is 3. The number of H-pyrrole nitrogens is 1. The number of aryl methyl sites for hydroxylation is 1. The second-order valence-corrected chi connectivity index (χ2v) is 5.62. The molecule has 116 valence electrons. The normalized spacial score (nSPS) is 10.7. The molecule has 0 spiro atoms. The van der Waals surface area contributed by atoms with Gasteiger partial charge in [-0.25, -0.2) is 0 Å². The maximum atomic E-state index is 12.4. The SMILES string of the molecule is Cc1ccc2[nH]c(=O)c(CN(C)C(=O)c3cccnc3)cc2c1. The first kappa shape index (κ1) is 15.0. The third-order valence-electron chi connectivity index (χ3n) is 3.74. The highest BCUT2D eigenvalue weighted by atomic mass is 16.2. The smallest absolute Gasteiger partial charge is 0.255 e. The van der Waals surface area contributed by atoms with Gasteiger partial charge in [-0.2, -0.15) is 0 Å². The van der Waals surface area contributed by atoms with Crippen molar-refractivity contribution in [2.45, 2.75) is 13.5 Å². The molecule has 23 heavy (non-hydrogen) atoms. The first-order chi connectivity index (χ1) is 11.0. The Bertz CT molecular complexity index is 916. The lowest BCUT2D eigenvalue weighted by molar-refractivity contribution is 0.0784. The van der Waals surface area contributed by atoms with Crippen molar-refractivity contribution < 1.29 is 4.79 Å². The molecule has 0 aliphatic carbocycles. The second-order valence-electron chi connectivity index (χ2n) is 5.62. The van der Waals surface area contributed by atoms with Gasteiger partial charge in [0.2, 0.25) is 0 Å². The van der Waals surface area contributed by atoms with E-state index in [0.717, 1.165) is 16.5 Å². The van der Waals surface area contributed by atoms with Gasteiger partial charge in [0.1, 0.15) is 0 Å². The molecule has 3 aromatic rings. The van der Waals surface area contributed by atoms with Crippen LogP contribution >= 0.6 is 0 Å². The summed E-state index contributed by atoms with van der Waals surface area (Å²) >= 11 is 0. The van der Waals surface area contributed by atoms with E-state index < -0.39 is 0 Å². The number of nitrogens with one attached hydrogen (secondary N) is 1. The largest absolute Gasteiger partial charge is 0.337 e.